The highest BCUT2D eigenvalue weighted by Crippen LogP contribution is 2.40. The number of rotatable bonds is 8. The van der Waals surface area contributed by atoms with E-state index in [1.807, 2.05) is 31.6 Å². The van der Waals surface area contributed by atoms with E-state index in [0.717, 1.165) is 24.7 Å². The average Bonchev–Trinajstić information content (AvgIpc) is 3.28. The summed E-state index contributed by atoms with van der Waals surface area (Å²) < 4.78 is 48.4. The van der Waals surface area contributed by atoms with E-state index < -0.39 is 23.4 Å². The van der Waals surface area contributed by atoms with E-state index in [0.29, 0.717) is 49.7 Å². The van der Waals surface area contributed by atoms with Crippen molar-refractivity contribution in [3.05, 3.63) is 23.7 Å². The summed E-state index contributed by atoms with van der Waals surface area (Å²) in [5.41, 5.74) is -0.0461. The van der Waals surface area contributed by atoms with Gasteiger partial charge in [0.1, 0.15) is 17.0 Å². The molecule has 2 bridgehead atoms. The van der Waals surface area contributed by atoms with Crippen molar-refractivity contribution < 1.29 is 22.7 Å². The van der Waals surface area contributed by atoms with Crippen LogP contribution in [0, 0.1) is 6.92 Å². The number of anilines is 3. The molecule has 2 unspecified atom stereocenters. The van der Waals surface area contributed by atoms with Gasteiger partial charge in [0.2, 0.25) is 5.95 Å². The SMILES string of the molecule is Cc1nn(C2CC3CCC(C2)N3C)cc1Nc1ncc(C(F)(F)F)c(NCCCN2CCC(C)(C)OC2=O)n1. The molecule has 2 aromatic rings. The predicted octanol–water partition coefficient (Wildman–Crippen LogP) is 4.96. The average molecular weight is 551 g/mol. The van der Waals surface area contributed by atoms with Crippen molar-refractivity contribution in [2.75, 3.05) is 37.3 Å². The van der Waals surface area contributed by atoms with Gasteiger partial charge in [-0.25, -0.2) is 9.78 Å². The van der Waals surface area contributed by atoms with Gasteiger partial charge in [0.05, 0.1) is 17.4 Å². The van der Waals surface area contributed by atoms with Crippen LogP contribution >= 0.6 is 0 Å². The third-order valence-electron chi connectivity index (χ3n) is 8.21. The topological polar surface area (TPSA) is 100 Å². The van der Waals surface area contributed by atoms with Crippen LogP contribution in [0.3, 0.4) is 0 Å². The molecule has 3 aliphatic rings. The second kappa shape index (κ2) is 10.5. The number of hydrogen-bond acceptors (Lipinski definition) is 8. The lowest BCUT2D eigenvalue weighted by molar-refractivity contribution is -0.137. The highest BCUT2D eigenvalue weighted by molar-refractivity contribution is 5.69. The number of carbonyl (C=O) groups excluding carboxylic acids is 1. The normalized spacial score (nSPS) is 25.1. The van der Waals surface area contributed by atoms with Crippen LogP contribution in [0.25, 0.3) is 0 Å². The molecular formula is C26H37F3N8O2. The van der Waals surface area contributed by atoms with Crippen molar-refractivity contribution in [2.45, 2.75) is 89.2 Å². The monoisotopic (exact) mass is 550 g/mol. The standard InChI is InChI=1S/C26H37F3N8O2/c1-16-21(15-37(34-16)19-12-17-6-7-18(13-19)35(17)4)32-23-31-14-20(26(27,28)29)22(33-23)30-9-5-10-36-11-8-25(2,3)39-24(36)38/h14-15,17-19H,5-13H2,1-4H3,(H2,30,31,32,33). The Morgan fingerprint density at radius 1 is 1.18 bits per heavy atom. The second-order valence-corrected chi connectivity index (χ2v) is 11.5. The molecule has 2 N–H and O–H groups in total. The zero-order valence-corrected chi connectivity index (χ0v) is 22.9. The molecule has 3 saturated heterocycles. The molecule has 3 aliphatic heterocycles. The number of nitrogens with zero attached hydrogens (tertiary/aromatic N) is 6. The van der Waals surface area contributed by atoms with E-state index in [2.05, 4.69) is 32.5 Å². The molecule has 13 heteroatoms. The quantitative estimate of drug-likeness (QED) is 0.445. The lowest BCUT2D eigenvalue weighted by Gasteiger charge is -2.36. The van der Waals surface area contributed by atoms with Crippen LogP contribution in [0.4, 0.5) is 35.4 Å². The van der Waals surface area contributed by atoms with Crippen LogP contribution in [0.15, 0.2) is 12.4 Å². The molecule has 2 aromatic heterocycles. The van der Waals surface area contributed by atoms with Crippen LogP contribution in [-0.2, 0) is 10.9 Å². The molecule has 214 valence electrons. The van der Waals surface area contributed by atoms with Gasteiger partial charge >= 0.3 is 12.3 Å². The number of nitrogens with one attached hydrogen (secondary N) is 2. The molecule has 3 fully saturated rings. The van der Waals surface area contributed by atoms with Crippen molar-refractivity contribution in [2.24, 2.45) is 0 Å². The molecule has 0 radical (unpaired) electrons. The smallest absolute Gasteiger partial charge is 0.421 e. The van der Waals surface area contributed by atoms with E-state index in [-0.39, 0.29) is 18.3 Å². The molecule has 39 heavy (non-hydrogen) atoms. The maximum atomic E-state index is 13.7. The molecule has 5 rings (SSSR count). The van der Waals surface area contributed by atoms with Crippen molar-refractivity contribution in [3.8, 4) is 0 Å². The van der Waals surface area contributed by atoms with E-state index in [4.69, 9.17) is 9.84 Å². The number of hydrogen-bond donors (Lipinski definition) is 2. The molecule has 0 spiro atoms. The first-order chi connectivity index (χ1) is 18.4. The number of carbonyl (C=O) groups is 1. The van der Waals surface area contributed by atoms with E-state index in [1.165, 1.54) is 12.8 Å². The fourth-order valence-corrected chi connectivity index (χ4v) is 5.82. The molecule has 10 nitrogen and oxygen atoms in total. The third-order valence-corrected chi connectivity index (χ3v) is 8.21. The second-order valence-electron chi connectivity index (χ2n) is 11.5. The van der Waals surface area contributed by atoms with Crippen molar-refractivity contribution >= 4 is 23.5 Å². The molecular weight excluding hydrogens is 513 g/mol. The zero-order valence-electron chi connectivity index (χ0n) is 22.9. The lowest BCUT2D eigenvalue weighted by Crippen LogP contribution is -2.47. The summed E-state index contributed by atoms with van der Waals surface area (Å²) in [6, 6.07) is 1.42. The number of ether oxygens (including phenoxy) is 1. The van der Waals surface area contributed by atoms with Crippen molar-refractivity contribution in [3.63, 3.8) is 0 Å². The van der Waals surface area contributed by atoms with Gasteiger partial charge in [-0.1, -0.05) is 0 Å². The molecule has 5 heterocycles. The number of fused-ring (bicyclic) bond motifs is 2. The highest BCUT2D eigenvalue weighted by atomic mass is 19.4. The number of aromatic nitrogens is 4. The summed E-state index contributed by atoms with van der Waals surface area (Å²) in [6.45, 7) is 6.69. The minimum Gasteiger partial charge on any atom is -0.443 e. The number of alkyl halides is 3. The van der Waals surface area contributed by atoms with Crippen molar-refractivity contribution in [1.29, 1.82) is 0 Å². The third kappa shape index (κ3) is 6.07. The highest BCUT2D eigenvalue weighted by Gasteiger charge is 2.40. The number of halogens is 3. The molecule has 0 aliphatic carbocycles. The first kappa shape index (κ1) is 27.5. The van der Waals surface area contributed by atoms with Crippen LogP contribution < -0.4 is 10.6 Å². The van der Waals surface area contributed by atoms with Gasteiger partial charge in [-0.2, -0.15) is 23.3 Å². The molecule has 0 saturated carbocycles. The van der Waals surface area contributed by atoms with Crippen LogP contribution in [0.2, 0.25) is 0 Å². The van der Waals surface area contributed by atoms with Crippen molar-refractivity contribution in [1.82, 2.24) is 29.5 Å². The Morgan fingerprint density at radius 3 is 2.56 bits per heavy atom. The summed E-state index contributed by atoms with van der Waals surface area (Å²) >= 11 is 0. The largest absolute Gasteiger partial charge is 0.443 e. The lowest BCUT2D eigenvalue weighted by atomic mass is 9.98. The summed E-state index contributed by atoms with van der Waals surface area (Å²) in [6.07, 6.45) is 3.28. The first-order valence-corrected chi connectivity index (χ1v) is 13.6. The minimum absolute atomic E-state index is 0.0541. The summed E-state index contributed by atoms with van der Waals surface area (Å²) in [5.74, 6) is -0.252. The van der Waals surface area contributed by atoms with Gasteiger partial charge in [-0.3, -0.25) is 4.68 Å². The molecule has 0 aromatic carbocycles. The summed E-state index contributed by atoms with van der Waals surface area (Å²) in [7, 11) is 2.19. The van der Waals surface area contributed by atoms with Gasteiger partial charge < -0.3 is 25.2 Å². The van der Waals surface area contributed by atoms with Gasteiger partial charge in [0.15, 0.2) is 0 Å². The fourth-order valence-electron chi connectivity index (χ4n) is 5.82. The Kier molecular flexibility index (Phi) is 7.38. The predicted molar refractivity (Wildman–Crippen MR) is 140 cm³/mol. The minimum atomic E-state index is -4.61. The maximum absolute atomic E-state index is 13.7. The van der Waals surface area contributed by atoms with E-state index in [9.17, 15) is 18.0 Å². The fraction of sp³-hybridized carbons (Fsp3) is 0.692. The van der Waals surface area contributed by atoms with Crippen LogP contribution in [0.1, 0.15) is 69.7 Å². The summed E-state index contributed by atoms with van der Waals surface area (Å²) in [4.78, 5) is 24.3. The number of cyclic esters (lactones) is 1. The Morgan fingerprint density at radius 2 is 1.90 bits per heavy atom. The molecule has 2 atom stereocenters. The summed E-state index contributed by atoms with van der Waals surface area (Å²) in [5, 5.41) is 10.5. The number of piperidine rings is 1. The Bertz CT molecular complexity index is 1190. The Balaban J connectivity index is 1.23. The van der Waals surface area contributed by atoms with E-state index in [1.54, 1.807) is 4.90 Å². The van der Waals surface area contributed by atoms with Crippen LogP contribution in [0.5, 0.6) is 0 Å². The zero-order chi connectivity index (χ0) is 27.9. The number of amides is 1. The van der Waals surface area contributed by atoms with Gasteiger partial charge in [-0.05, 0) is 59.9 Å². The van der Waals surface area contributed by atoms with Gasteiger partial charge in [0, 0.05) is 50.5 Å². The van der Waals surface area contributed by atoms with Gasteiger partial charge in [-0.15, -0.1) is 0 Å². The first-order valence-electron chi connectivity index (χ1n) is 13.6. The maximum Gasteiger partial charge on any atom is 0.421 e. The number of aryl methyl sites for hydroxylation is 1. The molecule has 1 amide bonds. The van der Waals surface area contributed by atoms with Crippen LogP contribution in [-0.4, -0.2) is 80.0 Å². The Labute approximate surface area is 226 Å². The van der Waals surface area contributed by atoms with E-state index >= 15 is 0 Å². The van der Waals surface area contributed by atoms with Gasteiger partial charge in [0.25, 0.3) is 0 Å². The Hall–Kier alpha value is -3.09.